The number of carboxylic acid groups (broad SMARTS) is 1. The lowest BCUT2D eigenvalue weighted by molar-refractivity contribution is -0.142. The number of hydrogen-bond acceptors (Lipinski definition) is 8. The summed E-state index contributed by atoms with van der Waals surface area (Å²) in [4.78, 5) is 50.3. The fraction of sp³-hybridized carbons (Fsp3) is 0.583. The molecule has 1 aliphatic rings. The molecule has 9 N–H and O–H groups in total. The summed E-state index contributed by atoms with van der Waals surface area (Å²) in [7, 11) is 0. The van der Waals surface area contributed by atoms with Crippen molar-refractivity contribution in [3.63, 3.8) is 0 Å². The Kier molecular flexibility index (Phi) is 11.6. The van der Waals surface area contributed by atoms with Crippen LogP contribution in [0.1, 0.15) is 44.6 Å². The van der Waals surface area contributed by atoms with Gasteiger partial charge in [0.1, 0.15) is 23.9 Å². The van der Waals surface area contributed by atoms with Gasteiger partial charge in [0.2, 0.25) is 17.7 Å². The van der Waals surface area contributed by atoms with Crippen molar-refractivity contribution < 1.29 is 34.5 Å². The normalized spacial score (nSPS) is 18.5. The Balaban J connectivity index is 2.17. The summed E-state index contributed by atoms with van der Waals surface area (Å²) in [6.45, 7) is 2.41. The number of phenolic OH excluding ortho intramolecular Hbond substituents is 1. The largest absolute Gasteiger partial charge is 0.508 e. The van der Waals surface area contributed by atoms with Crippen LogP contribution < -0.4 is 27.0 Å². The summed E-state index contributed by atoms with van der Waals surface area (Å²) in [6, 6.07) is 1.80. The van der Waals surface area contributed by atoms with Gasteiger partial charge in [-0.05, 0) is 69.8 Å². The molecule has 1 heterocycles. The molecule has 0 saturated carbocycles. The molecule has 5 atom stereocenters. The van der Waals surface area contributed by atoms with E-state index in [0.29, 0.717) is 37.9 Å². The average molecular weight is 508 g/mol. The monoisotopic (exact) mass is 507 g/mol. The minimum absolute atomic E-state index is 0.0162. The number of aliphatic carboxylic acids is 1. The van der Waals surface area contributed by atoms with E-state index in [1.165, 1.54) is 19.1 Å². The molecule has 3 amide bonds. The smallest absolute Gasteiger partial charge is 0.326 e. The molecule has 2 rings (SSSR count). The number of benzene rings is 1. The quantitative estimate of drug-likeness (QED) is 0.141. The number of aliphatic hydroxyl groups excluding tert-OH is 1. The van der Waals surface area contributed by atoms with E-state index < -0.39 is 54.0 Å². The third kappa shape index (κ3) is 9.10. The van der Waals surface area contributed by atoms with Gasteiger partial charge in [0.15, 0.2) is 0 Å². The highest BCUT2D eigenvalue weighted by molar-refractivity contribution is 5.94. The molecule has 1 aliphatic heterocycles. The van der Waals surface area contributed by atoms with Crippen LogP contribution in [0, 0.1) is 0 Å². The highest BCUT2D eigenvalue weighted by atomic mass is 16.4. The summed E-state index contributed by atoms with van der Waals surface area (Å²) in [5, 5.41) is 39.8. The van der Waals surface area contributed by atoms with Gasteiger partial charge in [-0.15, -0.1) is 0 Å². The van der Waals surface area contributed by atoms with Crippen molar-refractivity contribution in [3.8, 4) is 5.75 Å². The Morgan fingerprint density at radius 1 is 1.06 bits per heavy atom. The molecule has 12 heteroatoms. The predicted molar refractivity (Wildman–Crippen MR) is 131 cm³/mol. The van der Waals surface area contributed by atoms with Crippen molar-refractivity contribution in [1.82, 2.24) is 21.3 Å². The van der Waals surface area contributed by atoms with Crippen LogP contribution >= 0.6 is 0 Å². The molecular formula is C24H37N5O7. The number of hydrogen-bond donors (Lipinski definition) is 8. The maximum Gasteiger partial charge on any atom is 0.326 e. The van der Waals surface area contributed by atoms with Crippen molar-refractivity contribution in [2.75, 3.05) is 13.1 Å². The first-order valence-corrected chi connectivity index (χ1v) is 12.2. The maximum absolute atomic E-state index is 13.1. The van der Waals surface area contributed by atoms with Gasteiger partial charge >= 0.3 is 5.97 Å². The zero-order chi connectivity index (χ0) is 26.7. The van der Waals surface area contributed by atoms with E-state index in [2.05, 4.69) is 21.3 Å². The third-order valence-corrected chi connectivity index (χ3v) is 6.01. The number of nitrogens with one attached hydrogen (secondary N) is 4. The number of rotatable bonds is 14. The maximum atomic E-state index is 13.1. The highest BCUT2D eigenvalue weighted by Crippen LogP contribution is 2.13. The Morgan fingerprint density at radius 3 is 2.28 bits per heavy atom. The average Bonchev–Trinajstić information content (AvgIpc) is 3.37. The van der Waals surface area contributed by atoms with E-state index >= 15 is 0 Å². The van der Waals surface area contributed by atoms with E-state index in [1.807, 2.05) is 0 Å². The van der Waals surface area contributed by atoms with E-state index in [0.717, 1.165) is 6.42 Å². The van der Waals surface area contributed by atoms with Crippen molar-refractivity contribution in [3.05, 3.63) is 29.8 Å². The molecule has 36 heavy (non-hydrogen) atoms. The number of amides is 3. The van der Waals surface area contributed by atoms with Crippen LogP contribution in [0.2, 0.25) is 0 Å². The number of aliphatic hydroxyl groups is 1. The van der Waals surface area contributed by atoms with Crippen LogP contribution in [0.25, 0.3) is 0 Å². The third-order valence-electron chi connectivity index (χ3n) is 6.01. The molecule has 0 aliphatic carbocycles. The van der Waals surface area contributed by atoms with Crippen LogP contribution in [0.3, 0.4) is 0 Å². The number of unbranched alkanes of at least 4 members (excludes halogenated alkanes) is 1. The molecule has 0 unspecified atom stereocenters. The number of carbonyl (C=O) groups excluding carboxylic acids is 3. The Bertz CT molecular complexity index is 887. The van der Waals surface area contributed by atoms with Crippen LogP contribution in [0.5, 0.6) is 5.75 Å². The molecule has 0 bridgehead atoms. The van der Waals surface area contributed by atoms with E-state index in [1.54, 1.807) is 12.1 Å². The minimum Gasteiger partial charge on any atom is -0.508 e. The van der Waals surface area contributed by atoms with E-state index in [-0.39, 0.29) is 18.6 Å². The number of carbonyl (C=O) groups is 4. The molecule has 0 radical (unpaired) electrons. The Morgan fingerprint density at radius 2 is 1.72 bits per heavy atom. The lowest BCUT2D eigenvalue weighted by Crippen LogP contribution is -2.60. The summed E-state index contributed by atoms with van der Waals surface area (Å²) in [5.41, 5.74) is 6.06. The van der Waals surface area contributed by atoms with Crippen LogP contribution in [0.4, 0.5) is 0 Å². The Labute approximate surface area is 210 Å². The number of carboxylic acids is 1. The zero-order valence-electron chi connectivity index (χ0n) is 20.4. The summed E-state index contributed by atoms with van der Waals surface area (Å²) in [5.74, 6) is -3.14. The van der Waals surface area contributed by atoms with Gasteiger partial charge in [-0.2, -0.15) is 0 Å². The first-order chi connectivity index (χ1) is 17.1. The first-order valence-electron chi connectivity index (χ1n) is 12.2. The van der Waals surface area contributed by atoms with Crippen LogP contribution in [0.15, 0.2) is 24.3 Å². The van der Waals surface area contributed by atoms with E-state index in [4.69, 9.17) is 5.73 Å². The number of aromatic hydroxyl groups is 1. The highest BCUT2D eigenvalue weighted by Gasteiger charge is 2.33. The van der Waals surface area contributed by atoms with Crippen LogP contribution in [-0.4, -0.2) is 82.4 Å². The minimum atomic E-state index is -1.32. The van der Waals surface area contributed by atoms with Gasteiger partial charge in [-0.25, -0.2) is 4.79 Å². The molecule has 0 aromatic heterocycles. The Hall–Kier alpha value is -3.22. The molecule has 12 nitrogen and oxygen atoms in total. The summed E-state index contributed by atoms with van der Waals surface area (Å²) in [6.07, 6.45) is 1.40. The molecule has 1 aromatic carbocycles. The standard InChI is InChI=1S/C24H37N5O7/c1-14(30)20(29-21(32)17-6-4-12-26-17)23(34)28-19(13-15-7-9-16(31)10-8-15)22(33)27-18(24(35)36)5-2-3-11-25/h7-10,14,17-20,26,30-31H,2-6,11-13,25H2,1H3,(H,27,33)(H,28,34)(H,29,32)(H,35,36)/t14-,17+,18+,19+,20+/m1/s1. The van der Waals surface area contributed by atoms with Gasteiger partial charge < -0.3 is 42.3 Å². The second-order valence-electron chi connectivity index (χ2n) is 8.99. The van der Waals surface area contributed by atoms with Gasteiger partial charge in [-0.3, -0.25) is 14.4 Å². The number of phenols is 1. The first kappa shape index (κ1) is 29.0. The van der Waals surface area contributed by atoms with E-state index in [9.17, 15) is 34.5 Å². The fourth-order valence-corrected chi connectivity index (χ4v) is 3.93. The van der Waals surface area contributed by atoms with Gasteiger partial charge in [0, 0.05) is 6.42 Å². The fourth-order valence-electron chi connectivity index (χ4n) is 3.93. The van der Waals surface area contributed by atoms with Crippen molar-refractivity contribution in [2.24, 2.45) is 5.73 Å². The molecular weight excluding hydrogens is 470 g/mol. The van der Waals surface area contributed by atoms with Crippen LogP contribution in [-0.2, 0) is 25.6 Å². The van der Waals surface area contributed by atoms with Crippen molar-refractivity contribution in [1.29, 1.82) is 0 Å². The molecule has 1 aromatic rings. The molecule has 200 valence electrons. The molecule has 1 saturated heterocycles. The van der Waals surface area contributed by atoms with Crippen molar-refractivity contribution >= 4 is 23.7 Å². The summed E-state index contributed by atoms with van der Waals surface area (Å²) < 4.78 is 0. The summed E-state index contributed by atoms with van der Waals surface area (Å²) >= 11 is 0. The second kappa shape index (κ2) is 14.4. The zero-order valence-corrected chi connectivity index (χ0v) is 20.4. The lowest BCUT2D eigenvalue weighted by atomic mass is 10.0. The lowest BCUT2D eigenvalue weighted by Gasteiger charge is -2.26. The molecule has 0 spiro atoms. The SMILES string of the molecule is C[C@@H](O)[C@H](NC(=O)[C@@H]1CCCN1)C(=O)N[C@@H](Cc1ccc(O)cc1)C(=O)N[C@@H](CCCCN)C(=O)O. The van der Waals surface area contributed by atoms with Gasteiger partial charge in [0.05, 0.1) is 12.1 Å². The number of nitrogens with two attached hydrogens (primary N) is 1. The topological polar surface area (TPSA) is 203 Å². The van der Waals surface area contributed by atoms with Gasteiger partial charge in [0.25, 0.3) is 0 Å². The predicted octanol–water partition coefficient (Wildman–Crippen LogP) is -1.26. The second-order valence-corrected chi connectivity index (χ2v) is 8.99. The van der Waals surface area contributed by atoms with Gasteiger partial charge in [-0.1, -0.05) is 12.1 Å². The van der Waals surface area contributed by atoms with Crippen molar-refractivity contribution in [2.45, 2.75) is 75.7 Å². The molecule has 1 fully saturated rings.